The van der Waals surface area contributed by atoms with Gasteiger partial charge in [-0.05, 0) is 50.3 Å². The lowest BCUT2D eigenvalue weighted by atomic mass is 9.97. The van der Waals surface area contributed by atoms with Crippen molar-refractivity contribution in [3.8, 4) is 0 Å². The quantitative estimate of drug-likeness (QED) is 0.666. The van der Waals surface area contributed by atoms with Gasteiger partial charge in [-0.2, -0.15) is 13.2 Å². The molecule has 7 nitrogen and oxygen atoms in total. The molecule has 0 bridgehead atoms. The number of aromatic nitrogens is 2. The highest BCUT2D eigenvalue weighted by Crippen LogP contribution is 2.31. The highest BCUT2D eigenvalue weighted by molar-refractivity contribution is 7.89. The summed E-state index contributed by atoms with van der Waals surface area (Å²) < 4.78 is 79.6. The van der Waals surface area contributed by atoms with Gasteiger partial charge in [0, 0.05) is 31.4 Å². The number of benzene rings is 1. The van der Waals surface area contributed by atoms with Crippen molar-refractivity contribution in [2.45, 2.75) is 49.7 Å². The summed E-state index contributed by atoms with van der Waals surface area (Å²) >= 11 is 0. The summed E-state index contributed by atoms with van der Waals surface area (Å²) in [6.07, 6.45) is -1.81. The van der Waals surface area contributed by atoms with Gasteiger partial charge in [-0.1, -0.05) is 0 Å². The van der Waals surface area contributed by atoms with Gasteiger partial charge in [-0.15, -0.1) is 0 Å². The summed E-state index contributed by atoms with van der Waals surface area (Å²) in [5, 5.41) is 0. The molecule has 0 aliphatic heterocycles. The van der Waals surface area contributed by atoms with Crippen LogP contribution < -0.4 is 11.2 Å². The average molecular weight is 463 g/mol. The Morgan fingerprint density at radius 2 is 1.84 bits per heavy atom. The fourth-order valence-corrected chi connectivity index (χ4v) is 4.91. The molecule has 1 aliphatic carbocycles. The number of halogens is 4. The van der Waals surface area contributed by atoms with Crippen LogP contribution >= 0.6 is 0 Å². The van der Waals surface area contributed by atoms with E-state index >= 15 is 0 Å². The van der Waals surface area contributed by atoms with Gasteiger partial charge in [0.15, 0.2) is 0 Å². The second-order valence-corrected chi connectivity index (χ2v) is 9.38. The van der Waals surface area contributed by atoms with Crippen LogP contribution in [-0.2, 0) is 35.6 Å². The van der Waals surface area contributed by atoms with Crippen molar-refractivity contribution in [3.63, 3.8) is 0 Å². The fourth-order valence-electron chi connectivity index (χ4n) is 3.66. The Hall–Kier alpha value is -2.47. The van der Waals surface area contributed by atoms with Gasteiger partial charge < -0.3 is 0 Å². The van der Waals surface area contributed by atoms with Gasteiger partial charge in [0.25, 0.3) is 5.56 Å². The zero-order valence-electron chi connectivity index (χ0n) is 16.6. The Morgan fingerprint density at radius 3 is 2.48 bits per heavy atom. The fraction of sp³-hybridized carbons (Fsp3) is 0.474. The molecule has 2 aromatic rings. The third-order valence-electron chi connectivity index (χ3n) is 5.31. The number of sulfonamides is 1. The summed E-state index contributed by atoms with van der Waals surface area (Å²) in [7, 11) is -3.20. The van der Waals surface area contributed by atoms with Gasteiger partial charge in [0.1, 0.15) is 10.7 Å². The second-order valence-electron chi connectivity index (χ2n) is 7.37. The minimum absolute atomic E-state index is 0.108. The molecule has 0 unspecified atom stereocenters. The maximum absolute atomic E-state index is 14.1. The Balaban J connectivity index is 1.75. The number of H-pyrrole nitrogens is 1. The van der Waals surface area contributed by atoms with E-state index in [-0.39, 0.29) is 25.6 Å². The summed E-state index contributed by atoms with van der Waals surface area (Å²) in [5.41, 5.74) is -1.08. The van der Waals surface area contributed by atoms with Crippen LogP contribution in [0.1, 0.15) is 36.1 Å². The molecule has 0 atom stereocenters. The highest BCUT2D eigenvalue weighted by atomic mass is 32.2. The molecule has 1 N–H and O–H groups in total. The SMILES string of the molecule is CN(CCCn1c2c(c(=O)[nH]c1=O)CCCC2)S(=O)(=O)c1ccc(C(F)(F)F)cc1F. The third kappa shape index (κ3) is 4.74. The molecule has 0 fully saturated rings. The number of hydrogen-bond acceptors (Lipinski definition) is 4. The maximum atomic E-state index is 14.1. The predicted octanol–water partition coefficient (Wildman–Crippen LogP) is 2.28. The van der Waals surface area contributed by atoms with Crippen LogP contribution in [-0.4, -0.2) is 35.9 Å². The van der Waals surface area contributed by atoms with E-state index in [9.17, 15) is 35.6 Å². The minimum atomic E-state index is -4.79. The van der Waals surface area contributed by atoms with Crippen molar-refractivity contribution in [1.29, 1.82) is 0 Å². The Kier molecular flexibility index (Phi) is 6.42. The van der Waals surface area contributed by atoms with Gasteiger partial charge in [-0.25, -0.2) is 21.9 Å². The zero-order valence-corrected chi connectivity index (χ0v) is 17.4. The van der Waals surface area contributed by atoms with E-state index < -0.39 is 43.7 Å². The molecule has 0 amide bonds. The number of hydrogen-bond donors (Lipinski definition) is 1. The van der Waals surface area contributed by atoms with Crippen molar-refractivity contribution >= 4 is 10.0 Å². The first-order valence-electron chi connectivity index (χ1n) is 9.61. The summed E-state index contributed by atoms with van der Waals surface area (Å²) in [6.45, 7) is 0.0242. The second kappa shape index (κ2) is 8.58. The van der Waals surface area contributed by atoms with E-state index in [4.69, 9.17) is 0 Å². The molecule has 1 heterocycles. The molecule has 3 rings (SSSR count). The normalized spacial score (nSPS) is 14.6. The van der Waals surface area contributed by atoms with Crippen LogP contribution in [0, 0.1) is 5.82 Å². The Labute approximate surface area is 175 Å². The van der Waals surface area contributed by atoms with Crippen molar-refractivity contribution in [2.75, 3.05) is 13.6 Å². The maximum Gasteiger partial charge on any atom is 0.416 e. The predicted molar refractivity (Wildman–Crippen MR) is 104 cm³/mol. The lowest BCUT2D eigenvalue weighted by molar-refractivity contribution is -0.137. The van der Waals surface area contributed by atoms with Crippen LogP contribution in [0.5, 0.6) is 0 Å². The molecule has 170 valence electrons. The van der Waals surface area contributed by atoms with Crippen molar-refractivity contribution in [3.05, 3.63) is 61.7 Å². The molecule has 1 aliphatic rings. The topological polar surface area (TPSA) is 92.2 Å². The van der Waals surface area contributed by atoms with Gasteiger partial charge in [0.05, 0.1) is 5.56 Å². The Morgan fingerprint density at radius 1 is 1.16 bits per heavy atom. The number of nitrogens with one attached hydrogen (secondary N) is 1. The van der Waals surface area contributed by atoms with Crippen molar-refractivity contribution < 1.29 is 26.0 Å². The molecule has 1 aromatic carbocycles. The number of nitrogens with zero attached hydrogens (tertiary/aromatic N) is 2. The summed E-state index contributed by atoms with van der Waals surface area (Å²) in [6, 6.07) is 1.25. The van der Waals surface area contributed by atoms with Crippen molar-refractivity contribution in [1.82, 2.24) is 13.9 Å². The molecule has 1 aromatic heterocycles. The number of aromatic amines is 1. The summed E-state index contributed by atoms with van der Waals surface area (Å²) in [5.74, 6) is -1.49. The average Bonchev–Trinajstić information content (AvgIpc) is 2.69. The molecule has 0 spiro atoms. The number of rotatable bonds is 6. The standard InChI is InChI=1S/C19H21F4N3O4S/c1-25(31(29,30)16-8-7-12(11-14(16)20)19(21,22)23)9-4-10-26-15-6-3-2-5-13(15)17(27)24-18(26)28/h7-8,11H,2-6,9-10H2,1H3,(H,24,27,28). The molecule has 31 heavy (non-hydrogen) atoms. The van der Waals surface area contributed by atoms with Crippen molar-refractivity contribution in [2.24, 2.45) is 0 Å². The van der Waals surface area contributed by atoms with E-state index in [1.807, 2.05) is 0 Å². The molecule has 12 heteroatoms. The van der Waals surface area contributed by atoms with E-state index in [2.05, 4.69) is 4.98 Å². The van der Waals surface area contributed by atoms with Gasteiger partial charge in [0.2, 0.25) is 10.0 Å². The van der Waals surface area contributed by atoms with Crippen LogP contribution in [0.2, 0.25) is 0 Å². The molecule has 0 saturated carbocycles. The van der Waals surface area contributed by atoms with E-state index in [0.717, 1.165) is 17.1 Å². The smallest absolute Gasteiger partial charge is 0.297 e. The molecule has 0 saturated heterocycles. The number of alkyl halides is 3. The van der Waals surface area contributed by atoms with Crippen LogP contribution in [0.3, 0.4) is 0 Å². The zero-order chi connectivity index (χ0) is 23.0. The first-order valence-corrected chi connectivity index (χ1v) is 11.0. The lowest BCUT2D eigenvalue weighted by Gasteiger charge is -2.21. The van der Waals surface area contributed by atoms with Gasteiger partial charge >= 0.3 is 11.9 Å². The molecular formula is C19H21F4N3O4S. The van der Waals surface area contributed by atoms with E-state index in [1.165, 1.54) is 11.6 Å². The number of fused-ring (bicyclic) bond motifs is 1. The first kappa shape index (κ1) is 23.2. The molecule has 0 radical (unpaired) electrons. The third-order valence-corrected chi connectivity index (χ3v) is 7.20. The lowest BCUT2D eigenvalue weighted by Crippen LogP contribution is -2.37. The monoisotopic (exact) mass is 463 g/mol. The van der Waals surface area contributed by atoms with E-state index in [0.29, 0.717) is 36.2 Å². The van der Waals surface area contributed by atoms with Crippen LogP contribution in [0.4, 0.5) is 17.6 Å². The van der Waals surface area contributed by atoms with E-state index in [1.54, 1.807) is 0 Å². The first-order chi connectivity index (χ1) is 14.4. The summed E-state index contributed by atoms with van der Waals surface area (Å²) in [4.78, 5) is 25.6. The largest absolute Gasteiger partial charge is 0.416 e. The molecular weight excluding hydrogens is 442 g/mol. The van der Waals surface area contributed by atoms with Crippen LogP contribution in [0.25, 0.3) is 0 Å². The Bertz CT molecular complexity index is 1200. The highest BCUT2D eigenvalue weighted by Gasteiger charge is 2.33. The minimum Gasteiger partial charge on any atom is -0.297 e. The van der Waals surface area contributed by atoms with Crippen LogP contribution in [0.15, 0.2) is 32.7 Å². The van der Waals surface area contributed by atoms with Gasteiger partial charge in [-0.3, -0.25) is 14.3 Å².